The Morgan fingerprint density at radius 3 is 1.89 bits per heavy atom. The highest BCUT2D eigenvalue weighted by Gasteiger charge is 2.26. The van der Waals surface area contributed by atoms with Gasteiger partial charge in [0.1, 0.15) is 11.6 Å². The van der Waals surface area contributed by atoms with Crippen molar-refractivity contribution < 1.29 is 8.78 Å². The molecule has 4 nitrogen and oxygen atoms in total. The number of aryl methyl sites for hydroxylation is 2. The zero-order valence-corrected chi connectivity index (χ0v) is 22.2. The molecule has 1 fully saturated rings. The van der Waals surface area contributed by atoms with Gasteiger partial charge in [-0.05, 0) is 88.0 Å². The number of benzene rings is 2. The van der Waals surface area contributed by atoms with Crippen LogP contribution in [0.25, 0.3) is 0 Å². The van der Waals surface area contributed by atoms with Crippen LogP contribution in [0.5, 0.6) is 0 Å². The molecular formula is C30H40F2N4. The molecule has 0 atom stereocenters. The molecular weight excluding hydrogens is 454 g/mol. The topological polar surface area (TPSA) is 24.3 Å². The molecule has 0 saturated carbocycles. The van der Waals surface area contributed by atoms with Crippen LogP contribution in [0.4, 0.5) is 8.78 Å². The summed E-state index contributed by atoms with van der Waals surface area (Å²) in [6.45, 7) is 13.7. The third-order valence-electron chi connectivity index (χ3n) is 7.03. The van der Waals surface area contributed by atoms with E-state index in [4.69, 9.17) is 5.10 Å². The van der Waals surface area contributed by atoms with Crippen molar-refractivity contribution in [2.75, 3.05) is 32.7 Å². The van der Waals surface area contributed by atoms with Crippen LogP contribution in [0.1, 0.15) is 69.1 Å². The summed E-state index contributed by atoms with van der Waals surface area (Å²) in [6.07, 6.45) is 4.28. The summed E-state index contributed by atoms with van der Waals surface area (Å²) in [5.41, 5.74) is 4.61. The van der Waals surface area contributed by atoms with Gasteiger partial charge in [0.25, 0.3) is 0 Å². The maximum atomic E-state index is 13.6. The Bertz CT molecular complexity index is 1050. The lowest BCUT2D eigenvalue weighted by Gasteiger charge is -2.39. The van der Waals surface area contributed by atoms with Crippen molar-refractivity contribution in [3.63, 3.8) is 0 Å². The van der Waals surface area contributed by atoms with Crippen LogP contribution in [0.15, 0.2) is 54.6 Å². The SMILES string of the molecule is CCCc1cc(CCCN2CCN(C(c3ccc(F)cc3)c3ccc(F)cc3)CC2)nn1C(C)(C)C. The van der Waals surface area contributed by atoms with Crippen LogP contribution in [-0.4, -0.2) is 52.3 Å². The molecule has 1 aromatic heterocycles. The highest BCUT2D eigenvalue weighted by atomic mass is 19.1. The molecule has 1 aliphatic heterocycles. The van der Waals surface area contributed by atoms with Crippen molar-refractivity contribution in [2.24, 2.45) is 0 Å². The highest BCUT2D eigenvalue weighted by Crippen LogP contribution is 2.30. The van der Waals surface area contributed by atoms with E-state index in [0.717, 1.165) is 69.5 Å². The summed E-state index contributed by atoms with van der Waals surface area (Å²) in [5, 5.41) is 4.93. The van der Waals surface area contributed by atoms with Gasteiger partial charge < -0.3 is 4.90 Å². The Labute approximate surface area is 214 Å². The fourth-order valence-corrected chi connectivity index (χ4v) is 5.25. The molecule has 0 radical (unpaired) electrons. The van der Waals surface area contributed by atoms with Gasteiger partial charge in [0.05, 0.1) is 17.3 Å². The second-order valence-electron chi connectivity index (χ2n) is 10.9. The molecule has 2 heterocycles. The number of hydrogen-bond donors (Lipinski definition) is 0. The van der Waals surface area contributed by atoms with Gasteiger partial charge in [-0.1, -0.05) is 37.6 Å². The van der Waals surface area contributed by atoms with Crippen molar-refractivity contribution in [2.45, 2.75) is 65.0 Å². The van der Waals surface area contributed by atoms with Gasteiger partial charge in [-0.15, -0.1) is 0 Å². The van der Waals surface area contributed by atoms with Gasteiger partial charge in [-0.2, -0.15) is 5.10 Å². The molecule has 0 N–H and O–H groups in total. The Kier molecular flexibility index (Phi) is 8.58. The second-order valence-corrected chi connectivity index (χ2v) is 10.9. The molecule has 0 amide bonds. The van der Waals surface area contributed by atoms with Gasteiger partial charge in [0.2, 0.25) is 0 Å². The second kappa shape index (κ2) is 11.7. The quantitative estimate of drug-likeness (QED) is 0.354. The van der Waals surface area contributed by atoms with E-state index in [-0.39, 0.29) is 23.2 Å². The van der Waals surface area contributed by atoms with Crippen molar-refractivity contribution in [3.05, 3.63) is 88.7 Å². The van der Waals surface area contributed by atoms with E-state index in [1.807, 2.05) is 24.3 Å². The third kappa shape index (κ3) is 6.60. The highest BCUT2D eigenvalue weighted by molar-refractivity contribution is 5.32. The van der Waals surface area contributed by atoms with E-state index in [0.29, 0.717) is 0 Å². The molecule has 1 aliphatic rings. The number of piperazine rings is 1. The van der Waals surface area contributed by atoms with Gasteiger partial charge in [-0.25, -0.2) is 8.78 Å². The lowest BCUT2D eigenvalue weighted by molar-refractivity contribution is 0.108. The summed E-state index contributed by atoms with van der Waals surface area (Å²) >= 11 is 0. The molecule has 0 aliphatic carbocycles. The lowest BCUT2D eigenvalue weighted by Crippen LogP contribution is -2.48. The first kappa shape index (κ1) is 26.5. The Hall–Kier alpha value is -2.57. The van der Waals surface area contributed by atoms with Crippen LogP contribution < -0.4 is 0 Å². The van der Waals surface area contributed by atoms with Crippen LogP contribution >= 0.6 is 0 Å². The zero-order chi connectivity index (χ0) is 25.7. The molecule has 194 valence electrons. The van der Waals surface area contributed by atoms with Gasteiger partial charge in [-0.3, -0.25) is 9.58 Å². The molecule has 6 heteroatoms. The normalized spacial score (nSPS) is 15.6. The van der Waals surface area contributed by atoms with Gasteiger partial charge >= 0.3 is 0 Å². The Morgan fingerprint density at radius 2 is 1.39 bits per heavy atom. The maximum Gasteiger partial charge on any atom is 0.123 e. The largest absolute Gasteiger partial charge is 0.301 e. The van der Waals surface area contributed by atoms with E-state index in [1.54, 1.807) is 0 Å². The van der Waals surface area contributed by atoms with E-state index in [9.17, 15) is 8.78 Å². The molecule has 0 bridgehead atoms. The number of hydrogen-bond acceptors (Lipinski definition) is 3. The Balaban J connectivity index is 1.35. The minimum atomic E-state index is -0.240. The lowest BCUT2D eigenvalue weighted by atomic mass is 9.96. The smallest absolute Gasteiger partial charge is 0.123 e. The predicted octanol–water partition coefficient (Wildman–Crippen LogP) is 6.21. The number of aromatic nitrogens is 2. The minimum Gasteiger partial charge on any atom is -0.301 e. The zero-order valence-electron chi connectivity index (χ0n) is 22.2. The van der Waals surface area contributed by atoms with Crippen LogP contribution in [0.3, 0.4) is 0 Å². The fraction of sp³-hybridized carbons (Fsp3) is 0.500. The minimum absolute atomic E-state index is 0.00463. The first-order chi connectivity index (χ1) is 17.2. The van der Waals surface area contributed by atoms with Crippen LogP contribution in [0, 0.1) is 11.6 Å². The summed E-state index contributed by atoms with van der Waals surface area (Å²) in [6, 6.07) is 15.7. The van der Waals surface area contributed by atoms with E-state index in [2.05, 4.69) is 48.2 Å². The third-order valence-corrected chi connectivity index (χ3v) is 7.03. The fourth-order valence-electron chi connectivity index (χ4n) is 5.25. The number of nitrogens with zero attached hydrogens (tertiary/aromatic N) is 4. The van der Waals surface area contributed by atoms with Gasteiger partial charge in [0.15, 0.2) is 0 Å². The molecule has 1 saturated heterocycles. The molecule has 4 rings (SSSR count). The van der Waals surface area contributed by atoms with Gasteiger partial charge in [0, 0.05) is 31.9 Å². The van der Waals surface area contributed by atoms with Crippen LogP contribution in [0.2, 0.25) is 0 Å². The first-order valence-corrected chi connectivity index (χ1v) is 13.3. The summed E-state index contributed by atoms with van der Waals surface area (Å²) < 4.78 is 29.4. The molecule has 0 spiro atoms. The number of rotatable bonds is 9. The Morgan fingerprint density at radius 1 is 0.833 bits per heavy atom. The predicted molar refractivity (Wildman–Crippen MR) is 142 cm³/mol. The maximum absolute atomic E-state index is 13.6. The molecule has 0 unspecified atom stereocenters. The summed E-state index contributed by atoms with van der Waals surface area (Å²) in [7, 11) is 0. The molecule has 2 aromatic carbocycles. The van der Waals surface area contributed by atoms with Crippen molar-refractivity contribution in [3.8, 4) is 0 Å². The average molecular weight is 495 g/mol. The molecule has 3 aromatic rings. The molecule has 36 heavy (non-hydrogen) atoms. The van der Waals surface area contributed by atoms with Crippen molar-refractivity contribution in [1.29, 1.82) is 0 Å². The monoisotopic (exact) mass is 494 g/mol. The van der Waals surface area contributed by atoms with Crippen LogP contribution in [-0.2, 0) is 18.4 Å². The summed E-state index contributed by atoms with van der Waals surface area (Å²) in [5.74, 6) is -0.480. The van der Waals surface area contributed by atoms with E-state index < -0.39 is 0 Å². The van der Waals surface area contributed by atoms with E-state index in [1.165, 1.54) is 35.7 Å². The van der Waals surface area contributed by atoms with Crippen molar-refractivity contribution in [1.82, 2.24) is 19.6 Å². The number of halogens is 2. The summed E-state index contributed by atoms with van der Waals surface area (Å²) in [4.78, 5) is 4.95. The first-order valence-electron chi connectivity index (χ1n) is 13.3. The van der Waals surface area contributed by atoms with Crippen molar-refractivity contribution >= 4 is 0 Å². The average Bonchev–Trinajstić information content (AvgIpc) is 3.26. The van der Waals surface area contributed by atoms with E-state index >= 15 is 0 Å². The standard InChI is InChI=1S/C30H40F2N4/c1-5-7-28-22-27(33-36(28)30(2,3)4)8-6-17-34-18-20-35(21-19-34)29(23-9-13-25(31)14-10-23)24-11-15-26(32)16-12-24/h9-16,22,29H,5-8,17-21H2,1-4H3.